The summed E-state index contributed by atoms with van der Waals surface area (Å²) >= 11 is 1.46. The number of carbonyl (C=O) groups excluding carboxylic acids is 2. The second-order valence-electron chi connectivity index (χ2n) is 6.08. The van der Waals surface area contributed by atoms with Gasteiger partial charge in [0.2, 0.25) is 0 Å². The van der Waals surface area contributed by atoms with E-state index in [0.29, 0.717) is 17.0 Å². The molecule has 4 rings (SSSR count). The fourth-order valence-electron chi connectivity index (χ4n) is 3.30. The second-order valence-corrected chi connectivity index (χ2v) is 7.11. The molecule has 2 aromatic heterocycles. The zero-order valence-corrected chi connectivity index (χ0v) is 15.0. The molecular weight excluding hydrogens is 338 g/mol. The average molecular weight is 355 g/mol. The van der Waals surface area contributed by atoms with Crippen LogP contribution in [0.3, 0.4) is 0 Å². The van der Waals surface area contributed by atoms with Gasteiger partial charge < -0.3 is 9.64 Å². The monoisotopic (exact) mass is 355 g/mol. The third kappa shape index (κ3) is 2.42. The number of esters is 1. The van der Waals surface area contributed by atoms with E-state index in [1.165, 1.54) is 18.4 Å². The Morgan fingerprint density at radius 1 is 1.28 bits per heavy atom. The fraction of sp³-hybridized carbons (Fsp3) is 0.278. The van der Waals surface area contributed by atoms with Crippen LogP contribution in [-0.4, -0.2) is 35.3 Å². The molecule has 0 bridgehead atoms. The van der Waals surface area contributed by atoms with Crippen LogP contribution in [-0.2, 0) is 18.2 Å². The second kappa shape index (κ2) is 5.70. The molecule has 0 radical (unpaired) electrons. The molecule has 0 N–H and O–H groups in total. The Balaban J connectivity index is 1.68. The molecule has 25 heavy (non-hydrogen) atoms. The summed E-state index contributed by atoms with van der Waals surface area (Å²) in [5.41, 5.74) is 3.30. The molecule has 1 aromatic carbocycles. The van der Waals surface area contributed by atoms with Crippen molar-refractivity contribution in [3.63, 3.8) is 0 Å². The summed E-state index contributed by atoms with van der Waals surface area (Å²) in [7, 11) is 3.25. The number of carbonyl (C=O) groups is 2. The van der Waals surface area contributed by atoms with Gasteiger partial charge in [-0.1, -0.05) is 0 Å². The van der Waals surface area contributed by atoms with Gasteiger partial charge in [-0.05, 0) is 43.2 Å². The minimum atomic E-state index is -0.361. The Kier molecular flexibility index (Phi) is 3.61. The van der Waals surface area contributed by atoms with Gasteiger partial charge in [0.1, 0.15) is 4.83 Å². The van der Waals surface area contributed by atoms with Crippen molar-refractivity contribution in [3.8, 4) is 0 Å². The van der Waals surface area contributed by atoms with Crippen LogP contribution in [0, 0.1) is 6.92 Å². The number of hydrogen-bond donors (Lipinski definition) is 0. The van der Waals surface area contributed by atoms with Crippen molar-refractivity contribution in [2.75, 3.05) is 18.6 Å². The van der Waals surface area contributed by atoms with Crippen LogP contribution in [0.2, 0.25) is 0 Å². The number of rotatable bonds is 2. The lowest BCUT2D eigenvalue weighted by Crippen LogP contribution is -2.28. The van der Waals surface area contributed by atoms with E-state index >= 15 is 0 Å². The number of hydrogen-bond acceptors (Lipinski definition) is 5. The maximum atomic E-state index is 13.0. The molecule has 3 aromatic rings. The zero-order chi connectivity index (χ0) is 17.7. The van der Waals surface area contributed by atoms with E-state index in [4.69, 9.17) is 4.74 Å². The summed E-state index contributed by atoms with van der Waals surface area (Å²) in [4.78, 5) is 28.2. The molecule has 7 heteroatoms. The molecule has 128 valence electrons. The maximum Gasteiger partial charge on any atom is 0.337 e. The van der Waals surface area contributed by atoms with Crippen molar-refractivity contribution >= 4 is 39.1 Å². The predicted octanol–water partition coefficient (Wildman–Crippen LogP) is 2.93. The van der Waals surface area contributed by atoms with Crippen molar-refractivity contribution < 1.29 is 14.3 Å². The lowest BCUT2D eigenvalue weighted by atomic mass is 10.1. The van der Waals surface area contributed by atoms with E-state index in [0.717, 1.165) is 33.6 Å². The van der Waals surface area contributed by atoms with Gasteiger partial charge in [-0.25, -0.2) is 4.79 Å². The lowest BCUT2D eigenvalue weighted by Gasteiger charge is -2.16. The molecule has 0 unspecified atom stereocenters. The minimum Gasteiger partial charge on any atom is -0.465 e. The van der Waals surface area contributed by atoms with Gasteiger partial charge in [0.05, 0.1) is 23.2 Å². The van der Waals surface area contributed by atoms with Crippen molar-refractivity contribution in [3.05, 3.63) is 46.0 Å². The van der Waals surface area contributed by atoms with E-state index < -0.39 is 0 Å². The molecule has 0 saturated carbocycles. The van der Waals surface area contributed by atoms with Crippen LogP contribution in [0.25, 0.3) is 10.2 Å². The fourth-order valence-corrected chi connectivity index (χ4v) is 4.37. The number of ether oxygens (including phenoxy) is 1. The lowest BCUT2D eigenvalue weighted by molar-refractivity contribution is 0.0600. The summed E-state index contributed by atoms with van der Waals surface area (Å²) < 4.78 is 6.57. The number of benzene rings is 1. The Morgan fingerprint density at radius 3 is 2.80 bits per heavy atom. The van der Waals surface area contributed by atoms with Crippen LogP contribution in [0.5, 0.6) is 0 Å². The van der Waals surface area contributed by atoms with Crippen molar-refractivity contribution in [2.45, 2.75) is 13.3 Å². The summed E-state index contributed by atoms with van der Waals surface area (Å²) in [6.07, 6.45) is 0.734. The highest BCUT2D eigenvalue weighted by Crippen LogP contribution is 2.34. The van der Waals surface area contributed by atoms with E-state index in [1.807, 2.05) is 36.9 Å². The molecule has 0 saturated heterocycles. The first-order valence-corrected chi connectivity index (χ1v) is 8.77. The van der Waals surface area contributed by atoms with Gasteiger partial charge in [0, 0.05) is 24.7 Å². The first-order chi connectivity index (χ1) is 12.0. The molecule has 6 nitrogen and oxygen atoms in total. The molecule has 0 spiro atoms. The highest BCUT2D eigenvalue weighted by atomic mass is 32.1. The molecule has 0 fully saturated rings. The SMILES string of the molecule is COC(=O)c1ccc2c(c1)CCN2C(=O)c1cc2c(C)nn(C)c2s1. The number of aromatic nitrogens is 2. The Labute approximate surface area is 148 Å². The third-order valence-corrected chi connectivity index (χ3v) is 5.74. The summed E-state index contributed by atoms with van der Waals surface area (Å²) in [6, 6.07) is 7.26. The first-order valence-electron chi connectivity index (χ1n) is 7.96. The number of aryl methyl sites for hydroxylation is 2. The highest BCUT2D eigenvalue weighted by molar-refractivity contribution is 7.20. The molecule has 1 aliphatic heterocycles. The van der Waals surface area contributed by atoms with Crippen molar-refractivity contribution in [2.24, 2.45) is 7.05 Å². The third-order valence-electron chi connectivity index (χ3n) is 4.55. The highest BCUT2D eigenvalue weighted by Gasteiger charge is 2.28. The number of methoxy groups -OCH3 is 1. The van der Waals surface area contributed by atoms with E-state index in [9.17, 15) is 9.59 Å². The zero-order valence-electron chi connectivity index (χ0n) is 14.2. The first kappa shape index (κ1) is 15.8. The maximum absolute atomic E-state index is 13.0. The van der Waals surface area contributed by atoms with E-state index in [2.05, 4.69) is 5.10 Å². The minimum absolute atomic E-state index is 0.00910. The Bertz CT molecular complexity index is 984. The van der Waals surface area contributed by atoms with Gasteiger partial charge in [0.15, 0.2) is 0 Å². The quantitative estimate of drug-likeness (QED) is 0.663. The predicted molar refractivity (Wildman–Crippen MR) is 96.5 cm³/mol. The summed E-state index contributed by atoms with van der Waals surface area (Å²) in [6.45, 7) is 2.56. The summed E-state index contributed by atoms with van der Waals surface area (Å²) in [5.74, 6) is -0.370. The molecule has 3 heterocycles. The average Bonchev–Trinajstić information content (AvgIpc) is 3.29. The smallest absolute Gasteiger partial charge is 0.337 e. The van der Waals surface area contributed by atoms with Gasteiger partial charge >= 0.3 is 5.97 Å². The van der Waals surface area contributed by atoms with E-state index in [-0.39, 0.29) is 11.9 Å². The van der Waals surface area contributed by atoms with Crippen LogP contribution in [0.15, 0.2) is 24.3 Å². The standard InChI is InChI=1S/C18H17N3O3S/c1-10-13-9-15(25-17(13)20(2)19-10)16(22)21-7-6-11-8-12(18(23)24-3)4-5-14(11)21/h4-5,8-9H,6-7H2,1-3H3. The van der Waals surface area contributed by atoms with Gasteiger partial charge in [-0.2, -0.15) is 5.10 Å². The normalized spacial score (nSPS) is 13.3. The number of amides is 1. The van der Waals surface area contributed by atoms with Crippen LogP contribution in [0.4, 0.5) is 5.69 Å². The van der Waals surface area contributed by atoms with Crippen molar-refractivity contribution in [1.29, 1.82) is 0 Å². The topological polar surface area (TPSA) is 64.4 Å². The number of fused-ring (bicyclic) bond motifs is 2. The van der Waals surface area contributed by atoms with Crippen molar-refractivity contribution in [1.82, 2.24) is 9.78 Å². The largest absolute Gasteiger partial charge is 0.465 e. The van der Waals surface area contributed by atoms with Gasteiger partial charge in [0.25, 0.3) is 5.91 Å². The van der Waals surface area contributed by atoms with Gasteiger partial charge in [-0.3, -0.25) is 9.48 Å². The van der Waals surface area contributed by atoms with Crippen LogP contribution >= 0.6 is 11.3 Å². The number of anilines is 1. The Hall–Kier alpha value is -2.67. The summed E-state index contributed by atoms with van der Waals surface area (Å²) in [5, 5.41) is 5.40. The number of thiophene rings is 1. The van der Waals surface area contributed by atoms with Crippen LogP contribution in [0.1, 0.15) is 31.3 Å². The molecule has 0 aliphatic carbocycles. The molecule has 1 amide bonds. The number of nitrogens with zero attached hydrogens (tertiary/aromatic N) is 3. The van der Waals surface area contributed by atoms with Crippen LogP contribution < -0.4 is 4.90 Å². The van der Waals surface area contributed by atoms with E-state index in [1.54, 1.807) is 11.0 Å². The Morgan fingerprint density at radius 2 is 2.08 bits per heavy atom. The molecule has 0 atom stereocenters. The van der Waals surface area contributed by atoms with Gasteiger partial charge in [-0.15, -0.1) is 11.3 Å². The molecular formula is C18H17N3O3S. The molecule has 1 aliphatic rings.